The molecule has 0 spiro atoms. The van der Waals surface area contributed by atoms with Crippen LogP contribution >= 0.6 is 0 Å². The SMILES string of the molecule is Cc1nn(-c2ccccc2)c(O)c1C=Nc1cc([N+](=O)[O-])ccc1O.Cc1nn(-c2ccccc2)c(O)c1C=Nc1cc([N+](=O)[O-])ccc1O.[Co]. The second kappa shape index (κ2) is 16.0. The van der Waals surface area contributed by atoms with Gasteiger partial charge in [-0.15, -0.1) is 0 Å². The molecule has 0 aliphatic rings. The van der Waals surface area contributed by atoms with Crippen LogP contribution in [0.25, 0.3) is 11.4 Å². The normalized spacial score (nSPS) is 10.9. The van der Waals surface area contributed by atoms with Crippen molar-refractivity contribution in [1.29, 1.82) is 0 Å². The quantitative estimate of drug-likeness (QED) is 0.0753. The Labute approximate surface area is 299 Å². The summed E-state index contributed by atoms with van der Waals surface area (Å²) in [7, 11) is 0. The van der Waals surface area contributed by atoms with Crippen molar-refractivity contribution in [2.24, 2.45) is 9.98 Å². The van der Waals surface area contributed by atoms with Gasteiger partial charge < -0.3 is 20.4 Å². The number of hydrogen-bond acceptors (Lipinski definition) is 12. The molecule has 16 nitrogen and oxygen atoms in total. The first kappa shape index (κ1) is 37.0. The van der Waals surface area contributed by atoms with Gasteiger partial charge in [-0.3, -0.25) is 30.2 Å². The second-order valence-corrected chi connectivity index (χ2v) is 10.5. The van der Waals surface area contributed by atoms with E-state index in [0.717, 1.165) is 12.1 Å². The van der Waals surface area contributed by atoms with Gasteiger partial charge in [0.05, 0.1) is 43.7 Å². The van der Waals surface area contributed by atoms with Crippen molar-refractivity contribution >= 4 is 35.2 Å². The summed E-state index contributed by atoms with van der Waals surface area (Å²) >= 11 is 0. The maximum Gasteiger partial charge on any atom is 0.271 e. The number of aromatic nitrogens is 4. The number of nitro groups is 2. The number of benzene rings is 4. The molecule has 4 aromatic carbocycles. The molecule has 0 unspecified atom stereocenters. The van der Waals surface area contributed by atoms with Crippen molar-refractivity contribution in [1.82, 2.24) is 19.6 Å². The summed E-state index contributed by atoms with van der Waals surface area (Å²) in [5, 5.41) is 70.6. The predicted octanol–water partition coefficient (Wildman–Crippen LogP) is 6.50. The number of aryl methyl sites for hydroxylation is 2. The minimum absolute atomic E-state index is 0. The third-order valence-electron chi connectivity index (χ3n) is 7.17. The van der Waals surface area contributed by atoms with Gasteiger partial charge in [0.1, 0.15) is 22.9 Å². The fourth-order valence-electron chi connectivity index (χ4n) is 4.58. The third-order valence-corrected chi connectivity index (χ3v) is 7.17. The van der Waals surface area contributed by atoms with E-state index in [2.05, 4.69) is 20.2 Å². The largest absolute Gasteiger partial charge is 0.506 e. The Bertz CT molecular complexity index is 2090. The fraction of sp³-hybridized carbons (Fsp3) is 0.0588. The zero-order chi connectivity index (χ0) is 35.9. The number of non-ortho nitro benzene ring substituents is 2. The van der Waals surface area contributed by atoms with Crippen LogP contribution in [-0.2, 0) is 16.8 Å². The molecule has 261 valence electrons. The van der Waals surface area contributed by atoms with E-state index >= 15 is 0 Å². The molecule has 0 saturated heterocycles. The van der Waals surface area contributed by atoms with E-state index in [1.54, 1.807) is 38.1 Å². The standard InChI is InChI=1S/2C17H14N4O4.Co/c2*1-11-14(17(23)20(19-11)12-5-3-2-4-6-12)10-18-15-9-13(21(24)25)7-8-16(15)22;/h2*2-10,22-23H,1H3;. The smallest absolute Gasteiger partial charge is 0.271 e. The summed E-state index contributed by atoms with van der Waals surface area (Å²) < 4.78 is 2.73. The molecule has 17 heteroatoms. The summed E-state index contributed by atoms with van der Waals surface area (Å²) in [4.78, 5) is 28.6. The predicted molar refractivity (Wildman–Crippen MR) is 184 cm³/mol. The van der Waals surface area contributed by atoms with E-state index in [-0.39, 0.29) is 62.8 Å². The third kappa shape index (κ3) is 8.42. The molecule has 0 atom stereocenters. The Morgan fingerprint density at radius 3 is 1.29 bits per heavy atom. The maximum atomic E-state index is 10.8. The number of rotatable bonds is 8. The van der Waals surface area contributed by atoms with Crippen molar-refractivity contribution in [2.75, 3.05) is 0 Å². The summed E-state index contributed by atoms with van der Waals surface area (Å²) in [6.45, 7) is 3.40. The van der Waals surface area contributed by atoms with E-state index in [0.29, 0.717) is 33.9 Å². The topological polar surface area (TPSA) is 228 Å². The maximum absolute atomic E-state index is 10.8. The first-order valence-corrected chi connectivity index (χ1v) is 14.7. The average molecular weight is 736 g/mol. The van der Waals surface area contributed by atoms with Gasteiger partial charge in [0.15, 0.2) is 0 Å². The number of para-hydroxylation sites is 2. The van der Waals surface area contributed by atoms with E-state index in [1.807, 2.05) is 36.4 Å². The van der Waals surface area contributed by atoms with Gasteiger partial charge in [0.25, 0.3) is 11.4 Å². The van der Waals surface area contributed by atoms with Gasteiger partial charge in [-0.2, -0.15) is 10.2 Å². The summed E-state index contributed by atoms with van der Waals surface area (Å²) in [5.74, 6) is -0.626. The van der Waals surface area contributed by atoms with Crippen molar-refractivity contribution in [3.63, 3.8) is 0 Å². The number of phenols is 2. The summed E-state index contributed by atoms with van der Waals surface area (Å²) in [6.07, 6.45) is 2.63. The molecular formula is C34H28CoN8O8. The Morgan fingerprint density at radius 2 is 0.961 bits per heavy atom. The first-order valence-electron chi connectivity index (χ1n) is 14.7. The molecule has 2 heterocycles. The minimum Gasteiger partial charge on any atom is -0.506 e. The van der Waals surface area contributed by atoms with E-state index in [9.17, 15) is 40.7 Å². The molecule has 0 fully saturated rings. The van der Waals surface area contributed by atoms with Crippen LogP contribution in [0.5, 0.6) is 23.3 Å². The van der Waals surface area contributed by atoms with Gasteiger partial charge in [0.2, 0.25) is 11.8 Å². The molecule has 0 bridgehead atoms. The van der Waals surface area contributed by atoms with Gasteiger partial charge in [-0.05, 0) is 50.2 Å². The molecule has 6 rings (SSSR count). The Morgan fingerprint density at radius 1 is 0.608 bits per heavy atom. The van der Waals surface area contributed by atoms with Crippen LogP contribution in [0.2, 0.25) is 0 Å². The van der Waals surface area contributed by atoms with Crippen LogP contribution in [0.1, 0.15) is 22.5 Å². The van der Waals surface area contributed by atoms with Gasteiger partial charge in [0, 0.05) is 53.5 Å². The van der Waals surface area contributed by atoms with E-state index < -0.39 is 9.85 Å². The van der Waals surface area contributed by atoms with Gasteiger partial charge in [-0.25, -0.2) is 9.36 Å². The van der Waals surface area contributed by atoms with Crippen LogP contribution in [0.3, 0.4) is 0 Å². The van der Waals surface area contributed by atoms with E-state index in [4.69, 9.17) is 0 Å². The summed E-state index contributed by atoms with van der Waals surface area (Å²) in [5.41, 5.74) is 2.80. The number of phenolic OH excluding ortho intramolecular Hbond substituents is 2. The number of nitro benzene ring substituents is 2. The zero-order valence-corrected chi connectivity index (χ0v) is 27.8. The molecule has 1 radical (unpaired) electrons. The van der Waals surface area contributed by atoms with Gasteiger partial charge in [-0.1, -0.05) is 36.4 Å². The molecule has 4 N–H and O–H groups in total. The molecule has 51 heavy (non-hydrogen) atoms. The van der Waals surface area contributed by atoms with Crippen molar-refractivity contribution < 1.29 is 47.1 Å². The Kier molecular flexibility index (Phi) is 11.6. The van der Waals surface area contributed by atoms with Crippen LogP contribution in [-0.4, -0.2) is 62.3 Å². The number of aromatic hydroxyl groups is 4. The Balaban J connectivity index is 0.000000224. The van der Waals surface area contributed by atoms with Crippen molar-refractivity contribution in [3.05, 3.63) is 140 Å². The summed E-state index contributed by atoms with van der Waals surface area (Å²) in [6, 6.07) is 25.2. The number of aliphatic imine (C=N–C) groups is 2. The van der Waals surface area contributed by atoms with Crippen LogP contribution < -0.4 is 0 Å². The molecule has 6 aromatic rings. The van der Waals surface area contributed by atoms with Gasteiger partial charge >= 0.3 is 0 Å². The second-order valence-electron chi connectivity index (χ2n) is 10.5. The van der Waals surface area contributed by atoms with Crippen LogP contribution in [0.15, 0.2) is 107 Å². The Hall–Kier alpha value is -6.85. The van der Waals surface area contributed by atoms with Crippen LogP contribution in [0, 0.1) is 34.1 Å². The molecule has 2 aromatic heterocycles. The first-order chi connectivity index (χ1) is 23.9. The molecule has 0 aliphatic heterocycles. The van der Waals surface area contributed by atoms with Crippen molar-refractivity contribution in [3.8, 4) is 34.6 Å². The number of nitrogens with zero attached hydrogens (tertiary/aromatic N) is 8. The minimum atomic E-state index is -0.575. The average Bonchev–Trinajstić information content (AvgIpc) is 3.56. The monoisotopic (exact) mass is 735 g/mol. The van der Waals surface area contributed by atoms with E-state index in [1.165, 1.54) is 46.1 Å². The fourth-order valence-corrected chi connectivity index (χ4v) is 4.58. The molecule has 0 amide bonds. The molecule has 0 aliphatic carbocycles. The van der Waals surface area contributed by atoms with Crippen LogP contribution in [0.4, 0.5) is 22.7 Å². The molecule has 0 saturated carbocycles. The van der Waals surface area contributed by atoms with Crippen molar-refractivity contribution in [2.45, 2.75) is 13.8 Å². The zero-order valence-electron chi connectivity index (χ0n) is 26.7. The molecular weight excluding hydrogens is 707 g/mol. The number of hydrogen-bond donors (Lipinski definition) is 4.